The predicted octanol–water partition coefficient (Wildman–Crippen LogP) is 3.38. The first-order valence-electron chi connectivity index (χ1n) is 4.76. The van der Waals surface area contributed by atoms with Crippen molar-refractivity contribution in [2.24, 2.45) is 0 Å². The summed E-state index contributed by atoms with van der Waals surface area (Å²) in [7, 11) is 0. The predicted molar refractivity (Wildman–Crippen MR) is 60.3 cm³/mol. The molecule has 1 saturated heterocycles. The maximum absolute atomic E-state index is 5.85. The molecule has 4 heteroatoms. The van der Waals surface area contributed by atoms with Crippen LogP contribution >= 0.6 is 23.2 Å². The zero-order chi connectivity index (χ0) is 10.1. The molecule has 1 aromatic heterocycles. The summed E-state index contributed by atoms with van der Waals surface area (Å²) in [6.07, 6.45) is 2.47. The number of pyridine rings is 1. The number of hydrogen-bond donors (Lipinski definition) is 0. The molecule has 0 aliphatic carbocycles. The second-order valence-electron chi connectivity index (χ2n) is 3.66. The highest BCUT2D eigenvalue weighted by Crippen LogP contribution is 2.28. The summed E-state index contributed by atoms with van der Waals surface area (Å²) >= 11 is 11.7. The Hall–Kier alpha value is -0.470. The number of rotatable bonds is 1. The first-order valence-corrected chi connectivity index (χ1v) is 5.52. The van der Waals surface area contributed by atoms with Gasteiger partial charge in [-0.2, -0.15) is 0 Å². The summed E-state index contributed by atoms with van der Waals surface area (Å²) in [4.78, 5) is 6.25. The first-order chi connectivity index (χ1) is 6.66. The average molecular weight is 231 g/mol. The molecule has 0 bridgehead atoms. The highest BCUT2D eigenvalue weighted by Gasteiger charge is 2.21. The third-order valence-electron chi connectivity index (χ3n) is 2.63. The fourth-order valence-corrected chi connectivity index (χ4v) is 2.38. The smallest absolute Gasteiger partial charge is 0.132 e. The molecule has 1 unspecified atom stereocenters. The monoisotopic (exact) mass is 230 g/mol. The highest BCUT2D eigenvalue weighted by molar-refractivity contribution is 6.32. The van der Waals surface area contributed by atoms with Gasteiger partial charge in [-0.1, -0.05) is 23.2 Å². The van der Waals surface area contributed by atoms with Gasteiger partial charge in [-0.3, -0.25) is 0 Å². The molecule has 2 nitrogen and oxygen atoms in total. The quantitative estimate of drug-likeness (QED) is 0.689. The Morgan fingerprint density at radius 1 is 1.36 bits per heavy atom. The lowest BCUT2D eigenvalue weighted by atomic mass is 10.2. The van der Waals surface area contributed by atoms with E-state index in [2.05, 4.69) is 16.8 Å². The number of anilines is 1. The van der Waals surface area contributed by atoms with E-state index >= 15 is 0 Å². The highest BCUT2D eigenvalue weighted by atomic mass is 35.5. The van der Waals surface area contributed by atoms with E-state index in [-0.39, 0.29) is 0 Å². The van der Waals surface area contributed by atoms with Crippen molar-refractivity contribution >= 4 is 28.9 Å². The van der Waals surface area contributed by atoms with Gasteiger partial charge in [-0.05, 0) is 31.9 Å². The lowest BCUT2D eigenvalue weighted by Crippen LogP contribution is -2.26. The van der Waals surface area contributed by atoms with Gasteiger partial charge in [0.2, 0.25) is 0 Å². The van der Waals surface area contributed by atoms with Crippen LogP contribution in [0.4, 0.5) is 5.69 Å². The van der Waals surface area contributed by atoms with Crippen LogP contribution in [0.15, 0.2) is 12.1 Å². The van der Waals surface area contributed by atoms with E-state index in [0.717, 1.165) is 12.2 Å². The van der Waals surface area contributed by atoms with Crippen LogP contribution in [0.2, 0.25) is 10.3 Å². The molecule has 1 atom stereocenters. The molecule has 0 aromatic carbocycles. The van der Waals surface area contributed by atoms with Gasteiger partial charge in [-0.15, -0.1) is 0 Å². The fourth-order valence-electron chi connectivity index (χ4n) is 1.93. The van der Waals surface area contributed by atoms with Crippen LogP contribution in [0.3, 0.4) is 0 Å². The van der Waals surface area contributed by atoms with Crippen LogP contribution in [0.1, 0.15) is 19.8 Å². The van der Waals surface area contributed by atoms with Gasteiger partial charge in [0.25, 0.3) is 0 Å². The maximum atomic E-state index is 5.85. The Labute approximate surface area is 93.8 Å². The van der Waals surface area contributed by atoms with Crippen LogP contribution in [-0.2, 0) is 0 Å². The molecule has 1 fully saturated rings. The van der Waals surface area contributed by atoms with Gasteiger partial charge in [0.1, 0.15) is 10.3 Å². The summed E-state index contributed by atoms with van der Waals surface area (Å²) in [5.41, 5.74) is 1.08. The Balaban J connectivity index is 2.31. The van der Waals surface area contributed by atoms with E-state index in [9.17, 15) is 0 Å². The van der Waals surface area contributed by atoms with Crippen LogP contribution in [0.25, 0.3) is 0 Å². The topological polar surface area (TPSA) is 16.1 Å². The molecule has 2 rings (SSSR count). The van der Waals surface area contributed by atoms with Crippen molar-refractivity contribution in [3.8, 4) is 0 Å². The number of nitrogens with zero attached hydrogens (tertiary/aromatic N) is 2. The lowest BCUT2D eigenvalue weighted by molar-refractivity contribution is 0.735. The van der Waals surface area contributed by atoms with Crippen LogP contribution in [0.5, 0.6) is 0 Å². The van der Waals surface area contributed by atoms with Crippen LogP contribution in [0, 0.1) is 0 Å². The number of hydrogen-bond acceptors (Lipinski definition) is 2. The van der Waals surface area contributed by atoms with Gasteiger partial charge in [0, 0.05) is 18.3 Å². The van der Waals surface area contributed by atoms with E-state index < -0.39 is 0 Å². The summed E-state index contributed by atoms with van der Waals surface area (Å²) in [5, 5.41) is 0.929. The molecule has 2 heterocycles. The summed E-state index contributed by atoms with van der Waals surface area (Å²) in [5.74, 6) is 0. The molecular formula is C10H12Cl2N2. The third kappa shape index (κ3) is 1.96. The van der Waals surface area contributed by atoms with Crippen molar-refractivity contribution in [1.82, 2.24) is 4.98 Å². The summed E-state index contributed by atoms with van der Waals surface area (Å²) < 4.78 is 0. The van der Waals surface area contributed by atoms with E-state index in [4.69, 9.17) is 23.2 Å². The molecule has 1 aliphatic rings. The standard InChI is InChI=1S/C10H12Cl2N2/c1-7-3-2-4-14(7)8-5-9(11)13-10(12)6-8/h5-7H,2-4H2,1H3. The molecule has 1 aliphatic heterocycles. The van der Waals surface area contributed by atoms with E-state index in [1.165, 1.54) is 12.8 Å². The lowest BCUT2D eigenvalue weighted by Gasteiger charge is -2.23. The second kappa shape index (κ2) is 3.95. The Bertz CT molecular complexity index is 321. The molecule has 0 saturated carbocycles. The maximum Gasteiger partial charge on any atom is 0.132 e. The zero-order valence-electron chi connectivity index (χ0n) is 8.00. The van der Waals surface area contributed by atoms with Crippen molar-refractivity contribution in [2.75, 3.05) is 11.4 Å². The van der Waals surface area contributed by atoms with Crippen molar-refractivity contribution in [1.29, 1.82) is 0 Å². The SMILES string of the molecule is CC1CCCN1c1cc(Cl)nc(Cl)c1. The van der Waals surface area contributed by atoms with Crippen LogP contribution in [-0.4, -0.2) is 17.6 Å². The average Bonchev–Trinajstić information content (AvgIpc) is 2.49. The fraction of sp³-hybridized carbons (Fsp3) is 0.500. The Morgan fingerprint density at radius 3 is 2.50 bits per heavy atom. The van der Waals surface area contributed by atoms with Crippen LogP contribution < -0.4 is 4.90 Å². The molecule has 0 spiro atoms. The minimum absolute atomic E-state index is 0.464. The van der Waals surface area contributed by atoms with Gasteiger partial charge in [0.05, 0.1) is 0 Å². The molecule has 0 N–H and O–H groups in total. The van der Waals surface area contributed by atoms with Gasteiger partial charge >= 0.3 is 0 Å². The summed E-state index contributed by atoms with van der Waals surface area (Å²) in [6, 6.07) is 4.31. The van der Waals surface area contributed by atoms with Gasteiger partial charge < -0.3 is 4.90 Å². The minimum atomic E-state index is 0.464. The van der Waals surface area contributed by atoms with Crippen molar-refractivity contribution < 1.29 is 0 Å². The first kappa shape index (κ1) is 10.1. The van der Waals surface area contributed by atoms with Gasteiger partial charge in [0.15, 0.2) is 0 Å². The number of aromatic nitrogens is 1. The summed E-state index contributed by atoms with van der Waals surface area (Å²) in [6.45, 7) is 3.30. The second-order valence-corrected chi connectivity index (χ2v) is 4.43. The molecule has 76 valence electrons. The normalized spacial score (nSPS) is 21.6. The largest absolute Gasteiger partial charge is 0.369 e. The minimum Gasteiger partial charge on any atom is -0.369 e. The zero-order valence-corrected chi connectivity index (χ0v) is 9.52. The Morgan fingerprint density at radius 2 is 2.00 bits per heavy atom. The Kier molecular flexibility index (Phi) is 2.84. The van der Waals surface area contributed by atoms with Crippen molar-refractivity contribution in [3.05, 3.63) is 22.4 Å². The van der Waals surface area contributed by atoms with Gasteiger partial charge in [-0.25, -0.2) is 4.98 Å². The van der Waals surface area contributed by atoms with E-state index in [0.29, 0.717) is 16.3 Å². The van der Waals surface area contributed by atoms with Crippen molar-refractivity contribution in [3.63, 3.8) is 0 Å². The number of halogens is 2. The third-order valence-corrected chi connectivity index (χ3v) is 3.02. The molecule has 1 aromatic rings. The van der Waals surface area contributed by atoms with E-state index in [1.807, 2.05) is 12.1 Å². The van der Waals surface area contributed by atoms with E-state index in [1.54, 1.807) is 0 Å². The molecule has 0 radical (unpaired) electrons. The molecule has 0 amide bonds. The molecule has 14 heavy (non-hydrogen) atoms. The van der Waals surface area contributed by atoms with Crippen molar-refractivity contribution in [2.45, 2.75) is 25.8 Å². The molecular weight excluding hydrogens is 219 g/mol.